The van der Waals surface area contributed by atoms with Crippen LogP contribution in [0.15, 0.2) is 24.3 Å². The first kappa shape index (κ1) is 13.4. The quantitative estimate of drug-likeness (QED) is 0.824. The van der Waals surface area contributed by atoms with Crippen molar-refractivity contribution >= 4 is 17.5 Å². The van der Waals surface area contributed by atoms with Crippen molar-refractivity contribution in [3.05, 3.63) is 24.3 Å². The molecule has 0 aliphatic heterocycles. The van der Waals surface area contributed by atoms with E-state index in [0.717, 1.165) is 17.9 Å². The van der Waals surface area contributed by atoms with Crippen LogP contribution in [0.1, 0.15) is 20.8 Å². The van der Waals surface area contributed by atoms with E-state index in [-0.39, 0.29) is 0 Å². The fraction of sp³-hybridized carbons (Fsp3) is 0.462. The number of hydrogen-bond acceptors (Lipinski definition) is 3. The number of benzene rings is 1. The van der Waals surface area contributed by atoms with Crippen molar-refractivity contribution in [2.75, 3.05) is 23.8 Å². The normalized spacial score (nSPS) is 10.1. The van der Waals surface area contributed by atoms with Gasteiger partial charge in [-0.25, -0.2) is 4.79 Å². The van der Waals surface area contributed by atoms with Crippen molar-refractivity contribution in [2.24, 2.45) is 5.92 Å². The Morgan fingerprint density at radius 2 is 1.82 bits per heavy atom. The van der Waals surface area contributed by atoms with Gasteiger partial charge in [0.2, 0.25) is 0 Å². The Morgan fingerprint density at radius 1 is 1.24 bits per heavy atom. The SMILES string of the molecule is CCOC(=O)Nc1ccc(NCC(C)C)cc1. The summed E-state index contributed by atoms with van der Waals surface area (Å²) in [5.74, 6) is 0.604. The third-order valence-corrected chi connectivity index (χ3v) is 2.12. The van der Waals surface area contributed by atoms with Crippen LogP contribution in [-0.4, -0.2) is 19.2 Å². The van der Waals surface area contributed by atoms with Gasteiger partial charge in [0.25, 0.3) is 0 Å². The highest BCUT2D eigenvalue weighted by atomic mass is 16.5. The number of carbonyl (C=O) groups is 1. The molecule has 0 aromatic heterocycles. The van der Waals surface area contributed by atoms with Crippen molar-refractivity contribution in [3.8, 4) is 0 Å². The van der Waals surface area contributed by atoms with E-state index in [4.69, 9.17) is 4.74 Å². The summed E-state index contributed by atoms with van der Waals surface area (Å²) < 4.78 is 4.79. The maximum Gasteiger partial charge on any atom is 0.411 e. The van der Waals surface area contributed by atoms with Gasteiger partial charge in [0.05, 0.1) is 6.61 Å². The van der Waals surface area contributed by atoms with Crippen molar-refractivity contribution in [1.29, 1.82) is 0 Å². The maximum absolute atomic E-state index is 11.2. The predicted molar refractivity (Wildman–Crippen MR) is 70.4 cm³/mol. The van der Waals surface area contributed by atoms with Crippen LogP contribution in [-0.2, 0) is 4.74 Å². The van der Waals surface area contributed by atoms with E-state index in [2.05, 4.69) is 24.5 Å². The second kappa shape index (κ2) is 6.78. The van der Waals surface area contributed by atoms with Gasteiger partial charge in [0, 0.05) is 17.9 Å². The van der Waals surface area contributed by atoms with Gasteiger partial charge in [-0.1, -0.05) is 13.8 Å². The highest BCUT2D eigenvalue weighted by Crippen LogP contribution is 2.14. The zero-order valence-electron chi connectivity index (χ0n) is 10.6. The van der Waals surface area contributed by atoms with Gasteiger partial charge in [-0.3, -0.25) is 5.32 Å². The molecule has 1 rings (SSSR count). The van der Waals surface area contributed by atoms with E-state index >= 15 is 0 Å². The third kappa shape index (κ3) is 5.24. The van der Waals surface area contributed by atoms with E-state index < -0.39 is 6.09 Å². The topological polar surface area (TPSA) is 50.4 Å². The summed E-state index contributed by atoms with van der Waals surface area (Å²) in [4.78, 5) is 11.2. The summed E-state index contributed by atoms with van der Waals surface area (Å²) in [6.45, 7) is 7.40. The van der Waals surface area contributed by atoms with Gasteiger partial charge in [0.15, 0.2) is 0 Å². The molecule has 1 aromatic carbocycles. The first-order valence-corrected chi connectivity index (χ1v) is 5.89. The molecule has 4 nitrogen and oxygen atoms in total. The van der Waals surface area contributed by atoms with Gasteiger partial charge >= 0.3 is 6.09 Å². The van der Waals surface area contributed by atoms with Crippen molar-refractivity contribution in [1.82, 2.24) is 0 Å². The molecular formula is C13H20N2O2. The smallest absolute Gasteiger partial charge is 0.411 e. The minimum absolute atomic E-state index is 0.375. The number of ether oxygens (including phenoxy) is 1. The van der Waals surface area contributed by atoms with Crippen LogP contribution in [0.5, 0.6) is 0 Å². The number of rotatable bonds is 5. The molecule has 0 aliphatic rings. The van der Waals surface area contributed by atoms with Gasteiger partial charge in [-0.15, -0.1) is 0 Å². The van der Waals surface area contributed by atoms with E-state index in [1.807, 2.05) is 24.3 Å². The standard InChI is InChI=1S/C13H20N2O2/c1-4-17-13(16)15-12-7-5-11(6-8-12)14-9-10(2)3/h5-8,10,14H,4,9H2,1-3H3,(H,15,16). The molecule has 2 N–H and O–H groups in total. The lowest BCUT2D eigenvalue weighted by Crippen LogP contribution is -2.13. The molecule has 94 valence electrons. The van der Waals surface area contributed by atoms with Crippen LogP contribution in [0.2, 0.25) is 0 Å². The minimum atomic E-state index is -0.421. The number of nitrogens with one attached hydrogen (secondary N) is 2. The molecule has 1 aromatic rings. The zero-order chi connectivity index (χ0) is 12.7. The Bertz CT molecular complexity index is 347. The van der Waals surface area contributed by atoms with Crippen LogP contribution in [0.3, 0.4) is 0 Å². The monoisotopic (exact) mass is 236 g/mol. The van der Waals surface area contributed by atoms with Crippen molar-refractivity contribution in [2.45, 2.75) is 20.8 Å². The van der Waals surface area contributed by atoms with Crippen molar-refractivity contribution < 1.29 is 9.53 Å². The summed E-state index contributed by atoms with van der Waals surface area (Å²) in [6.07, 6.45) is -0.421. The van der Waals surface area contributed by atoms with Gasteiger partial charge in [-0.2, -0.15) is 0 Å². The average Bonchev–Trinajstić information content (AvgIpc) is 2.28. The summed E-state index contributed by atoms with van der Waals surface area (Å²) in [6, 6.07) is 7.56. The fourth-order valence-corrected chi connectivity index (χ4v) is 1.28. The molecule has 0 fully saturated rings. The van der Waals surface area contributed by atoms with Crippen LogP contribution in [0.25, 0.3) is 0 Å². The van der Waals surface area contributed by atoms with E-state index in [0.29, 0.717) is 12.5 Å². The molecule has 0 aliphatic carbocycles. The summed E-state index contributed by atoms with van der Waals surface area (Å²) in [5.41, 5.74) is 1.78. The Kier molecular flexibility index (Phi) is 5.33. The Balaban J connectivity index is 2.47. The Hall–Kier alpha value is -1.71. The van der Waals surface area contributed by atoms with Gasteiger partial charge in [0.1, 0.15) is 0 Å². The molecule has 0 bridgehead atoms. The highest BCUT2D eigenvalue weighted by molar-refractivity contribution is 5.84. The molecule has 4 heteroatoms. The molecular weight excluding hydrogens is 216 g/mol. The van der Waals surface area contributed by atoms with E-state index in [1.54, 1.807) is 6.92 Å². The van der Waals surface area contributed by atoms with Crippen LogP contribution < -0.4 is 10.6 Å². The molecule has 0 spiro atoms. The number of carbonyl (C=O) groups excluding carboxylic acids is 1. The molecule has 0 atom stereocenters. The maximum atomic E-state index is 11.2. The molecule has 1 amide bonds. The average molecular weight is 236 g/mol. The molecule has 0 saturated heterocycles. The second-order valence-corrected chi connectivity index (χ2v) is 4.20. The highest BCUT2D eigenvalue weighted by Gasteiger charge is 2.01. The molecule has 0 radical (unpaired) electrons. The van der Waals surface area contributed by atoms with Crippen LogP contribution in [0, 0.1) is 5.92 Å². The number of amides is 1. The van der Waals surface area contributed by atoms with Crippen LogP contribution >= 0.6 is 0 Å². The molecule has 0 saturated carbocycles. The van der Waals surface area contributed by atoms with Crippen LogP contribution in [0.4, 0.5) is 16.2 Å². The summed E-state index contributed by atoms with van der Waals surface area (Å²) in [5, 5.41) is 5.95. The van der Waals surface area contributed by atoms with E-state index in [1.165, 1.54) is 0 Å². The molecule has 17 heavy (non-hydrogen) atoms. The molecule has 0 unspecified atom stereocenters. The lowest BCUT2D eigenvalue weighted by atomic mass is 10.2. The molecule has 0 heterocycles. The minimum Gasteiger partial charge on any atom is -0.450 e. The zero-order valence-corrected chi connectivity index (χ0v) is 10.6. The predicted octanol–water partition coefficient (Wildman–Crippen LogP) is 3.32. The summed E-state index contributed by atoms with van der Waals surface area (Å²) in [7, 11) is 0. The fourth-order valence-electron chi connectivity index (χ4n) is 1.28. The van der Waals surface area contributed by atoms with Crippen molar-refractivity contribution in [3.63, 3.8) is 0 Å². The van der Waals surface area contributed by atoms with Gasteiger partial charge in [-0.05, 0) is 37.1 Å². The number of anilines is 2. The Labute approximate surface area is 102 Å². The lowest BCUT2D eigenvalue weighted by molar-refractivity contribution is 0.168. The Morgan fingerprint density at radius 3 is 2.35 bits per heavy atom. The first-order chi connectivity index (χ1) is 8.11. The van der Waals surface area contributed by atoms with E-state index in [9.17, 15) is 4.79 Å². The first-order valence-electron chi connectivity index (χ1n) is 5.89. The third-order valence-electron chi connectivity index (χ3n) is 2.12. The summed E-state index contributed by atoms with van der Waals surface area (Å²) >= 11 is 0. The van der Waals surface area contributed by atoms with Gasteiger partial charge < -0.3 is 10.1 Å². The second-order valence-electron chi connectivity index (χ2n) is 4.20. The largest absolute Gasteiger partial charge is 0.450 e. The number of hydrogen-bond donors (Lipinski definition) is 2. The lowest BCUT2D eigenvalue weighted by Gasteiger charge is -2.10.